The van der Waals surface area contributed by atoms with E-state index >= 15 is 0 Å². The van der Waals surface area contributed by atoms with Gasteiger partial charge in [0, 0.05) is 11.3 Å². The number of anilines is 2. The molecule has 7 heteroatoms. The van der Waals surface area contributed by atoms with E-state index in [1.54, 1.807) is 60.7 Å². The van der Waals surface area contributed by atoms with Gasteiger partial charge in [0.15, 0.2) is 6.61 Å². The average Bonchev–Trinajstić information content (AvgIpc) is 2.81. The third-order valence-corrected chi connectivity index (χ3v) is 4.37. The standard InChI is InChI=1S/C25H26N2O5/c1-3-30-20-15-11-19(12-16-20)26-24(28)17-32-21-13-9-18(10-14-21)25(29)27-22-7-5-6-8-23(22)31-4-2/h5-16H,3-4,17H2,1-2H3,(H,26,28)(H,27,29). The number of nitrogens with one attached hydrogen (secondary N) is 2. The Morgan fingerprint density at radius 3 is 2.03 bits per heavy atom. The fraction of sp³-hybridized carbons (Fsp3) is 0.200. The minimum Gasteiger partial charge on any atom is -0.494 e. The number of amides is 2. The molecule has 0 radical (unpaired) electrons. The summed E-state index contributed by atoms with van der Waals surface area (Å²) in [7, 11) is 0. The van der Waals surface area contributed by atoms with E-state index in [0.717, 1.165) is 5.75 Å². The second-order valence-corrected chi connectivity index (χ2v) is 6.70. The molecule has 0 unspecified atom stereocenters. The zero-order valence-corrected chi connectivity index (χ0v) is 18.1. The van der Waals surface area contributed by atoms with Crippen molar-refractivity contribution in [3.63, 3.8) is 0 Å². The van der Waals surface area contributed by atoms with Gasteiger partial charge in [-0.1, -0.05) is 12.1 Å². The molecule has 0 aliphatic carbocycles. The molecule has 3 rings (SSSR count). The lowest BCUT2D eigenvalue weighted by molar-refractivity contribution is -0.118. The monoisotopic (exact) mass is 434 g/mol. The molecule has 32 heavy (non-hydrogen) atoms. The maximum absolute atomic E-state index is 12.5. The molecule has 7 nitrogen and oxygen atoms in total. The molecule has 0 bridgehead atoms. The second-order valence-electron chi connectivity index (χ2n) is 6.70. The van der Waals surface area contributed by atoms with Crippen LogP contribution in [0.25, 0.3) is 0 Å². The minimum atomic E-state index is -0.288. The van der Waals surface area contributed by atoms with Gasteiger partial charge in [-0.2, -0.15) is 0 Å². The van der Waals surface area contributed by atoms with Crippen molar-refractivity contribution < 1.29 is 23.8 Å². The SMILES string of the molecule is CCOc1ccc(NC(=O)COc2ccc(C(=O)Nc3ccccc3OCC)cc2)cc1. The molecule has 3 aromatic rings. The van der Waals surface area contributed by atoms with E-state index < -0.39 is 0 Å². The number of carbonyl (C=O) groups is 2. The first-order chi connectivity index (χ1) is 15.6. The number of carbonyl (C=O) groups excluding carboxylic acids is 2. The second kappa shape index (κ2) is 11.4. The molecule has 2 N–H and O–H groups in total. The number of hydrogen-bond donors (Lipinski definition) is 2. The maximum atomic E-state index is 12.5. The summed E-state index contributed by atoms with van der Waals surface area (Å²) in [6.45, 7) is 4.73. The first-order valence-corrected chi connectivity index (χ1v) is 10.4. The molecule has 0 aromatic heterocycles. The molecule has 166 valence electrons. The summed E-state index contributed by atoms with van der Waals surface area (Å²) in [6, 6.07) is 20.9. The number of ether oxygens (including phenoxy) is 3. The van der Waals surface area contributed by atoms with Gasteiger partial charge in [-0.05, 0) is 74.5 Å². The molecule has 0 heterocycles. The lowest BCUT2D eigenvalue weighted by atomic mass is 10.2. The van der Waals surface area contributed by atoms with Crippen molar-refractivity contribution >= 4 is 23.2 Å². The molecular formula is C25H26N2O5. The van der Waals surface area contributed by atoms with Crippen LogP contribution in [0.1, 0.15) is 24.2 Å². The number of para-hydroxylation sites is 2. The van der Waals surface area contributed by atoms with Crippen molar-refractivity contribution in [2.24, 2.45) is 0 Å². The summed E-state index contributed by atoms with van der Waals surface area (Å²) in [5, 5.41) is 5.60. The van der Waals surface area contributed by atoms with Crippen LogP contribution < -0.4 is 24.8 Å². The van der Waals surface area contributed by atoms with Crippen molar-refractivity contribution in [1.82, 2.24) is 0 Å². The first-order valence-electron chi connectivity index (χ1n) is 10.4. The lowest BCUT2D eigenvalue weighted by Crippen LogP contribution is -2.20. The van der Waals surface area contributed by atoms with Gasteiger partial charge in [-0.25, -0.2) is 0 Å². The van der Waals surface area contributed by atoms with Gasteiger partial charge in [-0.3, -0.25) is 9.59 Å². The van der Waals surface area contributed by atoms with Gasteiger partial charge in [0.25, 0.3) is 11.8 Å². The topological polar surface area (TPSA) is 85.9 Å². The maximum Gasteiger partial charge on any atom is 0.262 e. The molecule has 0 aliphatic rings. The van der Waals surface area contributed by atoms with Crippen LogP contribution in [0.2, 0.25) is 0 Å². The van der Waals surface area contributed by atoms with Crippen LogP contribution in [0.4, 0.5) is 11.4 Å². The molecule has 3 aromatic carbocycles. The Kier molecular flexibility index (Phi) is 8.09. The van der Waals surface area contributed by atoms with Crippen LogP contribution in [0, 0.1) is 0 Å². The quantitative estimate of drug-likeness (QED) is 0.481. The van der Waals surface area contributed by atoms with E-state index in [4.69, 9.17) is 14.2 Å². The third-order valence-electron chi connectivity index (χ3n) is 4.37. The highest BCUT2D eigenvalue weighted by atomic mass is 16.5. The van der Waals surface area contributed by atoms with Crippen LogP contribution in [-0.2, 0) is 4.79 Å². The van der Waals surface area contributed by atoms with Gasteiger partial charge in [-0.15, -0.1) is 0 Å². The number of rotatable bonds is 10. The van der Waals surface area contributed by atoms with E-state index in [1.807, 2.05) is 26.0 Å². The van der Waals surface area contributed by atoms with E-state index in [-0.39, 0.29) is 18.4 Å². The van der Waals surface area contributed by atoms with Gasteiger partial charge in [0.1, 0.15) is 17.2 Å². The van der Waals surface area contributed by atoms with Crippen LogP contribution in [0.5, 0.6) is 17.2 Å². The number of hydrogen-bond acceptors (Lipinski definition) is 5. The van der Waals surface area contributed by atoms with E-state index in [0.29, 0.717) is 41.7 Å². The molecule has 0 saturated carbocycles. The van der Waals surface area contributed by atoms with Crippen LogP contribution in [0.3, 0.4) is 0 Å². The van der Waals surface area contributed by atoms with Gasteiger partial charge >= 0.3 is 0 Å². The van der Waals surface area contributed by atoms with E-state index in [2.05, 4.69) is 10.6 Å². The van der Waals surface area contributed by atoms with E-state index in [9.17, 15) is 9.59 Å². The molecule has 0 fully saturated rings. The van der Waals surface area contributed by atoms with E-state index in [1.165, 1.54) is 0 Å². The molecule has 0 spiro atoms. The van der Waals surface area contributed by atoms with Crippen molar-refractivity contribution in [3.05, 3.63) is 78.4 Å². The minimum absolute atomic E-state index is 0.152. The van der Waals surface area contributed by atoms with Crippen molar-refractivity contribution in [1.29, 1.82) is 0 Å². The zero-order valence-electron chi connectivity index (χ0n) is 18.1. The van der Waals surface area contributed by atoms with Crippen molar-refractivity contribution in [2.45, 2.75) is 13.8 Å². The Hall–Kier alpha value is -4.00. The molecule has 0 atom stereocenters. The van der Waals surface area contributed by atoms with Crippen molar-refractivity contribution in [3.8, 4) is 17.2 Å². The fourth-order valence-electron chi connectivity index (χ4n) is 2.90. The third kappa shape index (κ3) is 6.50. The smallest absolute Gasteiger partial charge is 0.262 e. The molecule has 2 amide bonds. The highest BCUT2D eigenvalue weighted by Gasteiger charge is 2.10. The summed E-state index contributed by atoms with van der Waals surface area (Å²) >= 11 is 0. The lowest BCUT2D eigenvalue weighted by Gasteiger charge is -2.12. The van der Waals surface area contributed by atoms with Gasteiger partial charge in [0.05, 0.1) is 18.9 Å². The van der Waals surface area contributed by atoms with Gasteiger partial charge in [0.2, 0.25) is 0 Å². The summed E-state index contributed by atoms with van der Waals surface area (Å²) in [5.74, 6) is 1.28. The van der Waals surface area contributed by atoms with Crippen LogP contribution in [0.15, 0.2) is 72.8 Å². The fourth-order valence-corrected chi connectivity index (χ4v) is 2.90. The Morgan fingerprint density at radius 2 is 1.34 bits per heavy atom. The predicted molar refractivity (Wildman–Crippen MR) is 124 cm³/mol. The van der Waals surface area contributed by atoms with Crippen LogP contribution in [-0.4, -0.2) is 31.6 Å². The predicted octanol–water partition coefficient (Wildman–Crippen LogP) is 4.75. The molecular weight excluding hydrogens is 408 g/mol. The Labute approximate surface area is 187 Å². The molecule has 0 aliphatic heterocycles. The highest BCUT2D eigenvalue weighted by Crippen LogP contribution is 2.24. The van der Waals surface area contributed by atoms with Crippen molar-refractivity contribution in [2.75, 3.05) is 30.5 Å². The largest absolute Gasteiger partial charge is 0.494 e. The summed E-state index contributed by atoms with van der Waals surface area (Å²) in [5.41, 5.74) is 1.72. The van der Waals surface area contributed by atoms with Crippen LogP contribution >= 0.6 is 0 Å². The average molecular weight is 434 g/mol. The summed E-state index contributed by atoms with van der Waals surface area (Å²) in [4.78, 5) is 24.7. The Morgan fingerprint density at radius 1 is 0.719 bits per heavy atom. The Bertz CT molecular complexity index is 1030. The molecule has 0 saturated heterocycles. The first kappa shape index (κ1) is 22.7. The number of benzene rings is 3. The zero-order chi connectivity index (χ0) is 22.8. The Balaban J connectivity index is 1.51. The highest BCUT2D eigenvalue weighted by molar-refractivity contribution is 6.05. The summed E-state index contributed by atoms with van der Waals surface area (Å²) in [6.07, 6.45) is 0. The normalized spacial score (nSPS) is 10.2. The summed E-state index contributed by atoms with van der Waals surface area (Å²) < 4.78 is 16.4. The van der Waals surface area contributed by atoms with Gasteiger partial charge < -0.3 is 24.8 Å².